The maximum Gasteiger partial charge on any atom is 0.261 e. The van der Waals surface area contributed by atoms with Crippen LogP contribution in [0, 0.1) is 6.92 Å². The number of pyridine rings is 1. The normalized spacial score (nSPS) is 10.5. The highest BCUT2D eigenvalue weighted by Gasteiger charge is 2.15. The average molecular weight is 299 g/mol. The summed E-state index contributed by atoms with van der Waals surface area (Å²) in [6, 6.07) is 9.28. The summed E-state index contributed by atoms with van der Waals surface area (Å²) in [5, 5.41) is 0. The van der Waals surface area contributed by atoms with Gasteiger partial charge in [0.05, 0.1) is 18.4 Å². The van der Waals surface area contributed by atoms with Gasteiger partial charge >= 0.3 is 0 Å². The third-order valence-corrected chi connectivity index (χ3v) is 3.63. The van der Waals surface area contributed by atoms with Crippen LogP contribution in [-0.4, -0.2) is 17.5 Å². The number of aromatic nitrogens is 1. The molecule has 0 saturated carbocycles. The number of benzene rings is 1. The molecular formula is C18H21NO3. The van der Waals surface area contributed by atoms with Crippen molar-refractivity contribution in [2.75, 3.05) is 7.11 Å². The zero-order valence-electron chi connectivity index (χ0n) is 13.5. The molecule has 0 N–H and O–H groups in total. The average Bonchev–Trinajstić information content (AvgIpc) is 2.49. The fourth-order valence-corrected chi connectivity index (χ4v) is 2.55. The lowest BCUT2D eigenvalue weighted by Gasteiger charge is -2.16. The maximum absolute atomic E-state index is 12.6. The number of nitrogens with zero attached hydrogens (tertiary/aromatic N) is 1. The highest BCUT2D eigenvalue weighted by molar-refractivity contribution is 5.94. The monoisotopic (exact) mass is 299 g/mol. The Morgan fingerprint density at radius 2 is 1.95 bits per heavy atom. The van der Waals surface area contributed by atoms with Crippen molar-refractivity contribution in [3.63, 3.8) is 0 Å². The van der Waals surface area contributed by atoms with E-state index in [0.717, 1.165) is 23.2 Å². The van der Waals surface area contributed by atoms with Crippen LogP contribution in [0.3, 0.4) is 0 Å². The fraction of sp³-hybridized carbons (Fsp3) is 0.333. The van der Waals surface area contributed by atoms with Gasteiger partial charge in [-0.05, 0) is 44.5 Å². The molecule has 0 radical (unpaired) electrons. The first kappa shape index (κ1) is 16.0. The molecule has 4 heteroatoms. The summed E-state index contributed by atoms with van der Waals surface area (Å²) in [5.41, 5.74) is 2.71. The zero-order valence-corrected chi connectivity index (χ0v) is 13.5. The molecule has 0 saturated heterocycles. The lowest BCUT2D eigenvalue weighted by molar-refractivity contribution is 0.101. The van der Waals surface area contributed by atoms with Crippen LogP contribution in [0.2, 0.25) is 0 Å². The van der Waals surface area contributed by atoms with E-state index in [-0.39, 0.29) is 16.9 Å². The van der Waals surface area contributed by atoms with Crippen LogP contribution < -0.4 is 10.3 Å². The van der Waals surface area contributed by atoms with Gasteiger partial charge in [0.2, 0.25) is 0 Å². The van der Waals surface area contributed by atoms with Crippen molar-refractivity contribution in [2.45, 2.75) is 33.7 Å². The van der Waals surface area contributed by atoms with Gasteiger partial charge in [0.15, 0.2) is 5.78 Å². The molecule has 22 heavy (non-hydrogen) atoms. The van der Waals surface area contributed by atoms with Crippen molar-refractivity contribution in [3.8, 4) is 17.0 Å². The van der Waals surface area contributed by atoms with Crippen LogP contribution in [0.4, 0.5) is 0 Å². The molecule has 1 aromatic carbocycles. The lowest BCUT2D eigenvalue weighted by atomic mass is 10.0. The molecule has 1 heterocycles. The van der Waals surface area contributed by atoms with Gasteiger partial charge < -0.3 is 9.30 Å². The Bertz CT molecular complexity index is 759. The molecule has 116 valence electrons. The quantitative estimate of drug-likeness (QED) is 0.795. The van der Waals surface area contributed by atoms with Gasteiger partial charge in [-0.15, -0.1) is 0 Å². The van der Waals surface area contributed by atoms with Gasteiger partial charge in [-0.25, -0.2) is 0 Å². The summed E-state index contributed by atoms with van der Waals surface area (Å²) in [6.45, 7) is 5.98. The largest absolute Gasteiger partial charge is 0.496 e. The van der Waals surface area contributed by atoms with Crippen molar-refractivity contribution in [2.24, 2.45) is 0 Å². The Labute approximate surface area is 130 Å². The van der Waals surface area contributed by atoms with Gasteiger partial charge in [-0.3, -0.25) is 9.59 Å². The van der Waals surface area contributed by atoms with Crippen LogP contribution in [-0.2, 0) is 6.54 Å². The molecule has 0 fully saturated rings. The smallest absolute Gasteiger partial charge is 0.261 e. The number of aryl methyl sites for hydroxylation is 1. The number of rotatable bonds is 5. The van der Waals surface area contributed by atoms with Crippen molar-refractivity contribution >= 4 is 5.78 Å². The Balaban J connectivity index is 2.75. The van der Waals surface area contributed by atoms with Crippen molar-refractivity contribution in [1.29, 1.82) is 0 Å². The molecule has 1 aromatic heterocycles. The van der Waals surface area contributed by atoms with E-state index in [1.807, 2.05) is 38.1 Å². The first-order valence-electron chi connectivity index (χ1n) is 7.39. The Morgan fingerprint density at radius 3 is 2.55 bits per heavy atom. The minimum atomic E-state index is -0.240. The van der Waals surface area contributed by atoms with Crippen molar-refractivity contribution in [1.82, 2.24) is 4.57 Å². The van der Waals surface area contributed by atoms with E-state index >= 15 is 0 Å². The standard InChI is InChI=1S/C18H21NO3/c1-5-10-19-16(8-7-14(13(3)20)18(19)21)15-11-12(2)6-9-17(15)22-4/h6-9,11H,5,10H2,1-4H3. The zero-order chi connectivity index (χ0) is 16.3. The number of ether oxygens (including phenoxy) is 1. The minimum absolute atomic E-state index is 0.211. The Morgan fingerprint density at radius 1 is 1.23 bits per heavy atom. The third-order valence-electron chi connectivity index (χ3n) is 3.63. The van der Waals surface area contributed by atoms with Gasteiger partial charge in [-0.1, -0.05) is 18.6 Å². The van der Waals surface area contributed by atoms with Crippen LogP contribution >= 0.6 is 0 Å². The summed E-state index contributed by atoms with van der Waals surface area (Å²) in [5.74, 6) is 0.503. The summed E-state index contributed by atoms with van der Waals surface area (Å²) in [6.07, 6.45) is 0.808. The van der Waals surface area contributed by atoms with Gasteiger partial charge in [0.1, 0.15) is 5.75 Å². The Hall–Kier alpha value is -2.36. The molecule has 0 aliphatic carbocycles. The van der Waals surface area contributed by atoms with Gasteiger partial charge in [-0.2, -0.15) is 0 Å². The van der Waals surface area contributed by atoms with Gasteiger partial charge in [0, 0.05) is 12.1 Å². The van der Waals surface area contributed by atoms with Crippen LogP contribution in [0.25, 0.3) is 11.3 Å². The highest BCUT2D eigenvalue weighted by atomic mass is 16.5. The molecule has 0 bridgehead atoms. The van der Waals surface area contributed by atoms with E-state index in [4.69, 9.17) is 4.74 Å². The molecule has 0 spiro atoms. The summed E-state index contributed by atoms with van der Waals surface area (Å²) < 4.78 is 7.08. The molecule has 2 rings (SSSR count). The van der Waals surface area contributed by atoms with E-state index in [2.05, 4.69) is 0 Å². The van der Waals surface area contributed by atoms with E-state index < -0.39 is 0 Å². The van der Waals surface area contributed by atoms with Crippen molar-refractivity contribution < 1.29 is 9.53 Å². The topological polar surface area (TPSA) is 48.3 Å². The Kier molecular flexibility index (Phi) is 4.81. The molecule has 0 amide bonds. The maximum atomic E-state index is 12.6. The molecular weight excluding hydrogens is 278 g/mol. The van der Waals surface area contributed by atoms with E-state index in [9.17, 15) is 9.59 Å². The molecule has 0 aliphatic heterocycles. The number of methoxy groups -OCH3 is 1. The predicted molar refractivity (Wildman–Crippen MR) is 87.7 cm³/mol. The van der Waals surface area contributed by atoms with E-state index in [1.165, 1.54) is 6.92 Å². The minimum Gasteiger partial charge on any atom is -0.496 e. The number of carbonyl (C=O) groups excluding carboxylic acids is 1. The number of ketones is 1. The van der Waals surface area contributed by atoms with E-state index in [1.54, 1.807) is 17.7 Å². The summed E-state index contributed by atoms with van der Waals surface area (Å²) in [7, 11) is 1.61. The molecule has 0 unspecified atom stereocenters. The number of hydrogen-bond donors (Lipinski definition) is 0. The SMILES string of the molecule is CCCn1c(-c2cc(C)ccc2OC)ccc(C(C)=O)c1=O. The third kappa shape index (κ3) is 2.96. The van der Waals surface area contributed by atoms with Gasteiger partial charge in [0.25, 0.3) is 5.56 Å². The first-order valence-corrected chi connectivity index (χ1v) is 7.39. The number of Topliss-reactive ketones (excluding diaryl/α,β-unsaturated/α-hetero) is 1. The number of carbonyl (C=O) groups is 1. The second-order valence-electron chi connectivity index (χ2n) is 5.35. The highest BCUT2D eigenvalue weighted by Crippen LogP contribution is 2.30. The molecule has 0 atom stereocenters. The lowest BCUT2D eigenvalue weighted by Crippen LogP contribution is -2.26. The summed E-state index contributed by atoms with van der Waals surface area (Å²) >= 11 is 0. The molecule has 2 aromatic rings. The molecule has 0 aliphatic rings. The first-order chi connectivity index (χ1) is 10.5. The van der Waals surface area contributed by atoms with Crippen molar-refractivity contribution in [3.05, 3.63) is 51.8 Å². The summed E-state index contributed by atoms with van der Waals surface area (Å²) in [4.78, 5) is 24.2. The second-order valence-corrected chi connectivity index (χ2v) is 5.35. The predicted octanol–water partition coefficient (Wildman–Crippen LogP) is 3.44. The second kappa shape index (κ2) is 6.60. The van der Waals surface area contributed by atoms with Crippen LogP contribution in [0.5, 0.6) is 5.75 Å². The van der Waals surface area contributed by atoms with Crippen LogP contribution in [0.15, 0.2) is 35.1 Å². The van der Waals surface area contributed by atoms with E-state index in [0.29, 0.717) is 12.3 Å². The number of hydrogen-bond acceptors (Lipinski definition) is 3. The van der Waals surface area contributed by atoms with Crippen LogP contribution in [0.1, 0.15) is 36.2 Å². The fourth-order valence-electron chi connectivity index (χ4n) is 2.55. The molecule has 4 nitrogen and oxygen atoms in total.